The second-order valence-corrected chi connectivity index (χ2v) is 8.86. The number of benzene rings is 1. The number of amides is 2. The number of anilines is 1. The molecule has 1 aliphatic heterocycles. The second-order valence-electron chi connectivity index (χ2n) is 6.96. The van der Waals surface area contributed by atoms with Crippen LogP contribution >= 0.6 is 27.7 Å². The minimum Gasteiger partial charge on any atom is -0.339 e. The molecule has 26 heavy (non-hydrogen) atoms. The van der Waals surface area contributed by atoms with Crippen LogP contribution in [0, 0.1) is 5.92 Å². The number of halogens is 1. The molecule has 0 radical (unpaired) electrons. The highest BCUT2D eigenvalue weighted by atomic mass is 79.9. The number of nitrogens with zero attached hydrogens (tertiary/aromatic N) is 2. The number of rotatable bonds is 8. The van der Waals surface area contributed by atoms with Crippen molar-refractivity contribution in [3.8, 4) is 0 Å². The van der Waals surface area contributed by atoms with E-state index in [9.17, 15) is 9.59 Å². The van der Waals surface area contributed by atoms with Crippen molar-refractivity contribution in [1.29, 1.82) is 0 Å². The third kappa shape index (κ3) is 7.68. The summed E-state index contributed by atoms with van der Waals surface area (Å²) >= 11 is 4.75. The van der Waals surface area contributed by atoms with E-state index in [1.165, 1.54) is 18.2 Å². The zero-order chi connectivity index (χ0) is 18.9. The molecule has 1 heterocycles. The average Bonchev–Trinajstić information content (AvgIpc) is 2.60. The molecule has 0 saturated carbocycles. The standard InChI is InChI=1S/C19H28BrN3O2S/c1-15(2)6-7-22-8-10-23(11-9-22)19(25)14-26-13-18(24)21-17-5-3-4-16(20)12-17/h3-5,12,15H,6-11,13-14H2,1-2H3,(H,21,24). The van der Waals surface area contributed by atoms with E-state index < -0.39 is 0 Å². The molecule has 0 atom stereocenters. The Morgan fingerprint density at radius 1 is 1.19 bits per heavy atom. The van der Waals surface area contributed by atoms with Crippen molar-refractivity contribution in [2.24, 2.45) is 5.92 Å². The fourth-order valence-electron chi connectivity index (χ4n) is 2.75. The van der Waals surface area contributed by atoms with E-state index in [2.05, 4.69) is 40.0 Å². The summed E-state index contributed by atoms with van der Waals surface area (Å²) in [5.41, 5.74) is 0.758. The number of nitrogens with one attached hydrogen (secondary N) is 1. The molecule has 144 valence electrons. The van der Waals surface area contributed by atoms with Crippen molar-refractivity contribution in [1.82, 2.24) is 9.80 Å². The van der Waals surface area contributed by atoms with Crippen molar-refractivity contribution in [2.45, 2.75) is 20.3 Å². The highest BCUT2D eigenvalue weighted by molar-refractivity contribution is 9.10. The van der Waals surface area contributed by atoms with Crippen molar-refractivity contribution in [2.75, 3.05) is 49.5 Å². The molecule has 1 aliphatic rings. The van der Waals surface area contributed by atoms with Crippen LogP contribution in [-0.4, -0.2) is 65.8 Å². The quantitative estimate of drug-likeness (QED) is 0.671. The minimum atomic E-state index is -0.0839. The molecule has 0 aliphatic carbocycles. The Balaban J connectivity index is 1.62. The lowest BCUT2D eigenvalue weighted by Crippen LogP contribution is -2.49. The van der Waals surface area contributed by atoms with Gasteiger partial charge in [-0.2, -0.15) is 0 Å². The monoisotopic (exact) mass is 441 g/mol. The molecule has 1 N–H and O–H groups in total. The van der Waals surface area contributed by atoms with Gasteiger partial charge in [0, 0.05) is 36.3 Å². The number of thioether (sulfide) groups is 1. The van der Waals surface area contributed by atoms with Crippen molar-refractivity contribution in [3.05, 3.63) is 28.7 Å². The molecule has 2 rings (SSSR count). The van der Waals surface area contributed by atoms with Crippen molar-refractivity contribution < 1.29 is 9.59 Å². The summed E-state index contributed by atoms with van der Waals surface area (Å²) in [6.07, 6.45) is 1.21. The SMILES string of the molecule is CC(C)CCN1CCN(C(=O)CSCC(=O)Nc2cccc(Br)c2)CC1. The minimum absolute atomic E-state index is 0.0839. The van der Waals surface area contributed by atoms with Crippen LogP contribution in [0.3, 0.4) is 0 Å². The molecule has 0 spiro atoms. The molecule has 1 fully saturated rings. The molecule has 0 bridgehead atoms. The topological polar surface area (TPSA) is 52.7 Å². The van der Waals surface area contributed by atoms with E-state index in [1.807, 2.05) is 29.2 Å². The van der Waals surface area contributed by atoms with Gasteiger partial charge in [0.25, 0.3) is 0 Å². The third-order valence-electron chi connectivity index (χ3n) is 4.31. The van der Waals surface area contributed by atoms with E-state index >= 15 is 0 Å². The summed E-state index contributed by atoms with van der Waals surface area (Å²) in [5.74, 6) is 1.41. The van der Waals surface area contributed by atoms with Crippen LogP contribution in [0.4, 0.5) is 5.69 Å². The van der Waals surface area contributed by atoms with Crippen LogP contribution in [0.1, 0.15) is 20.3 Å². The fourth-order valence-corrected chi connectivity index (χ4v) is 3.86. The van der Waals surface area contributed by atoms with Gasteiger partial charge in [0.1, 0.15) is 0 Å². The number of piperazine rings is 1. The highest BCUT2D eigenvalue weighted by Gasteiger charge is 2.21. The van der Waals surface area contributed by atoms with Gasteiger partial charge in [0.2, 0.25) is 11.8 Å². The van der Waals surface area contributed by atoms with E-state index in [4.69, 9.17) is 0 Å². The van der Waals surface area contributed by atoms with Gasteiger partial charge in [-0.15, -0.1) is 11.8 Å². The predicted octanol–water partition coefficient (Wildman–Crippen LogP) is 3.31. The zero-order valence-corrected chi connectivity index (χ0v) is 17.9. The number of hydrogen-bond donors (Lipinski definition) is 1. The Morgan fingerprint density at radius 3 is 2.58 bits per heavy atom. The summed E-state index contributed by atoms with van der Waals surface area (Å²) in [6, 6.07) is 7.48. The van der Waals surface area contributed by atoms with E-state index in [-0.39, 0.29) is 17.6 Å². The molecular weight excluding hydrogens is 414 g/mol. The Kier molecular flexibility index (Phi) is 8.95. The number of carbonyl (C=O) groups is 2. The summed E-state index contributed by atoms with van der Waals surface area (Å²) in [6.45, 7) is 9.08. The van der Waals surface area contributed by atoms with Gasteiger partial charge in [-0.05, 0) is 37.1 Å². The first-order valence-corrected chi connectivity index (χ1v) is 11.0. The number of carbonyl (C=O) groups excluding carboxylic acids is 2. The van der Waals surface area contributed by atoms with Crippen LogP contribution < -0.4 is 5.32 Å². The zero-order valence-electron chi connectivity index (χ0n) is 15.5. The van der Waals surface area contributed by atoms with E-state index in [1.54, 1.807) is 0 Å². The Hall–Kier alpha value is -1.05. The second kappa shape index (κ2) is 10.9. The predicted molar refractivity (Wildman–Crippen MR) is 113 cm³/mol. The summed E-state index contributed by atoms with van der Waals surface area (Å²) in [5, 5.41) is 2.84. The maximum absolute atomic E-state index is 12.3. The third-order valence-corrected chi connectivity index (χ3v) is 5.73. The van der Waals surface area contributed by atoms with E-state index in [0.717, 1.165) is 42.9 Å². The summed E-state index contributed by atoms with van der Waals surface area (Å²) < 4.78 is 0.922. The lowest BCUT2D eigenvalue weighted by molar-refractivity contribution is -0.130. The van der Waals surface area contributed by atoms with Gasteiger partial charge in [-0.3, -0.25) is 14.5 Å². The lowest BCUT2D eigenvalue weighted by atomic mass is 10.1. The molecule has 1 aromatic carbocycles. The normalized spacial score (nSPS) is 15.3. The Morgan fingerprint density at radius 2 is 1.92 bits per heavy atom. The molecule has 5 nitrogen and oxygen atoms in total. The van der Waals surface area contributed by atoms with Gasteiger partial charge < -0.3 is 10.2 Å². The molecule has 7 heteroatoms. The summed E-state index contributed by atoms with van der Waals surface area (Å²) in [4.78, 5) is 28.6. The van der Waals surface area contributed by atoms with Gasteiger partial charge in [0.05, 0.1) is 11.5 Å². The first-order chi connectivity index (χ1) is 12.4. The van der Waals surface area contributed by atoms with Gasteiger partial charge in [0.15, 0.2) is 0 Å². The molecule has 0 unspecified atom stereocenters. The Labute approximate surface area is 169 Å². The van der Waals surface area contributed by atoms with Gasteiger partial charge in [-0.1, -0.05) is 35.8 Å². The summed E-state index contributed by atoms with van der Waals surface area (Å²) in [7, 11) is 0. The molecule has 2 amide bonds. The maximum atomic E-state index is 12.3. The van der Waals surface area contributed by atoms with Crippen molar-refractivity contribution in [3.63, 3.8) is 0 Å². The molecule has 0 aromatic heterocycles. The number of hydrogen-bond acceptors (Lipinski definition) is 4. The first kappa shape index (κ1) is 21.3. The Bertz CT molecular complexity index is 604. The smallest absolute Gasteiger partial charge is 0.234 e. The fraction of sp³-hybridized carbons (Fsp3) is 0.579. The van der Waals surface area contributed by atoms with Crippen LogP contribution in [0.25, 0.3) is 0 Å². The first-order valence-electron chi connectivity index (χ1n) is 9.07. The molecular formula is C19H28BrN3O2S. The molecule has 1 saturated heterocycles. The van der Waals surface area contributed by atoms with Crippen molar-refractivity contribution >= 4 is 45.2 Å². The van der Waals surface area contributed by atoms with Gasteiger partial charge in [-0.25, -0.2) is 0 Å². The lowest BCUT2D eigenvalue weighted by Gasteiger charge is -2.35. The maximum Gasteiger partial charge on any atom is 0.234 e. The molecule has 1 aromatic rings. The average molecular weight is 442 g/mol. The van der Waals surface area contributed by atoms with Crippen LogP contribution in [0.2, 0.25) is 0 Å². The van der Waals surface area contributed by atoms with Gasteiger partial charge >= 0.3 is 0 Å². The van der Waals surface area contributed by atoms with E-state index in [0.29, 0.717) is 11.7 Å². The van der Waals surface area contributed by atoms with Crippen LogP contribution in [0.15, 0.2) is 28.7 Å². The largest absolute Gasteiger partial charge is 0.339 e. The van der Waals surface area contributed by atoms with Crippen LogP contribution in [-0.2, 0) is 9.59 Å². The van der Waals surface area contributed by atoms with Crippen LogP contribution in [0.5, 0.6) is 0 Å². The highest BCUT2D eigenvalue weighted by Crippen LogP contribution is 2.16.